The van der Waals surface area contributed by atoms with Gasteiger partial charge in [0, 0.05) is 24.1 Å². The molecule has 2 aromatic carbocycles. The van der Waals surface area contributed by atoms with Gasteiger partial charge in [-0.25, -0.2) is 18.2 Å². The third-order valence-electron chi connectivity index (χ3n) is 6.61. The second kappa shape index (κ2) is 11.7. The van der Waals surface area contributed by atoms with E-state index in [0.717, 1.165) is 18.6 Å². The highest BCUT2D eigenvalue weighted by molar-refractivity contribution is 5.83. The molecule has 2 aromatic rings. The van der Waals surface area contributed by atoms with E-state index in [4.69, 9.17) is 10.5 Å². The molecule has 0 radical (unpaired) electrons. The fraction of sp³-hybridized carbons (Fsp3) is 0.345. The van der Waals surface area contributed by atoms with E-state index in [-0.39, 0.29) is 30.3 Å². The van der Waals surface area contributed by atoms with Crippen molar-refractivity contribution in [1.29, 1.82) is 0 Å². The Morgan fingerprint density at radius 2 is 1.89 bits per heavy atom. The number of ether oxygens (including phenoxy) is 1. The highest BCUT2D eigenvalue weighted by Crippen LogP contribution is 2.34. The lowest BCUT2D eigenvalue weighted by Crippen LogP contribution is -2.34. The van der Waals surface area contributed by atoms with Gasteiger partial charge in [0.2, 0.25) is 0 Å². The number of hydrogen-bond acceptors (Lipinski definition) is 4. The van der Waals surface area contributed by atoms with Crippen molar-refractivity contribution in [3.8, 4) is 5.75 Å². The molecule has 0 aromatic heterocycles. The average Bonchev–Trinajstić information content (AvgIpc) is 2.86. The molecule has 3 atom stereocenters. The van der Waals surface area contributed by atoms with E-state index in [9.17, 15) is 13.9 Å². The van der Waals surface area contributed by atoms with Crippen LogP contribution in [0.3, 0.4) is 0 Å². The van der Waals surface area contributed by atoms with Crippen LogP contribution >= 0.6 is 0 Å². The quantitative estimate of drug-likeness (QED) is 0.288. The van der Waals surface area contributed by atoms with Gasteiger partial charge in [-0.3, -0.25) is 0 Å². The number of amidine groups is 1. The zero-order chi connectivity index (χ0) is 27.3. The maximum Gasteiger partial charge on any atom is 0.173 e. The molecule has 8 heteroatoms. The molecule has 1 heterocycles. The lowest BCUT2D eigenvalue weighted by atomic mass is 9.89. The van der Waals surface area contributed by atoms with E-state index >= 15 is 4.39 Å². The Hall–Kier alpha value is -3.52. The van der Waals surface area contributed by atoms with Crippen LogP contribution in [0, 0.1) is 24.5 Å². The van der Waals surface area contributed by atoms with Gasteiger partial charge in [-0.05, 0) is 61.3 Å². The van der Waals surface area contributed by atoms with Gasteiger partial charge in [-0.15, -0.1) is 0 Å². The van der Waals surface area contributed by atoms with E-state index in [1.165, 1.54) is 19.1 Å². The summed E-state index contributed by atoms with van der Waals surface area (Å²) >= 11 is 0. The zero-order valence-electron chi connectivity index (χ0n) is 21.6. The third-order valence-corrected chi connectivity index (χ3v) is 6.61. The Morgan fingerprint density at radius 3 is 2.51 bits per heavy atom. The summed E-state index contributed by atoms with van der Waals surface area (Å²) in [6.45, 7) is 10.8. The van der Waals surface area contributed by atoms with Gasteiger partial charge < -0.3 is 15.6 Å². The van der Waals surface area contributed by atoms with Crippen molar-refractivity contribution in [1.82, 2.24) is 5.01 Å². The van der Waals surface area contributed by atoms with E-state index in [1.54, 1.807) is 42.4 Å². The van der Waals surface area contributed by atoms with Gasteiger partial charge in [0.05, 0.1) is 12.3 Å². The van der Waals surface area contributed by atoms with Gasteiger partial charge in [0.15, 0.2) is 11.6 Å². The minimum atomic E-state index is -1.85. The summed E-state index contributed by atoms with van der Waals surface area (Å²) in [7, 11) is 0. The third kappa shape index (κ3) is 6.43. The van der Waals surface area contributed by atoms with Crippen LogP contribution in [0.5, 0.6) is 5.75 Å². The van der Waals surface area contributed by atoms with Crippen molar-refractivity contribution in [3.63, 3.8) is 0 Å². The van der Waals surface area contributed by atoms with Gasteiger partial charge in [0.25, 0.3) is 0 Å². The summed E-state index contributed by atoms with van der Waals surface area (Å²) in [5.41, 5.74) is 6.37. The number of allylic oxidation sites excluding steroid dienone is 3. The van der Waals surface area contributed by atoms with E-state index in [0.29, 0.717) is 28.2 Å². The average molecular weight is 514 g/mol. The van der Waals surface area contributed by atoms with E-state index in [2.05, 4.69) is 11.7 Å². The monoisotopic (exact) mass is 513 g/mol. The van der Waals surface area contributed by atoms with E-state index < -0.39 is 23.4 Å². The molecule has 198 valence electrons. The number of aryl methyl sites for hydroxylation is 1. The Bertz CT molecular complexity index is 1220. The fourth-order valence-electron chi connectivity index (χ4n) is 3.80. The first-order chi connectivity index (χ1) is 17.4. The number of nitrogens with zero attached hydrogens (tertiary/aromatic N) is 2. The van der Waals surface area contributed by atoms with Crippen molar-refractivity contribution < 1.29 is 23.0 Å². The molecule has 37 heavy (non-hydrogen) atoms. The molecule has 0 spiro atoms. The number of nitrogens with two attached hydrogens (primary N) is 1. The number of alkyl halides is 1. The van der Waals surface area contributed by atoms with Crippen LogP contribution in [0.4, 0.5) is 13.2 Å². The van der Waals surface area contributed by atoms with Crippen molar-refractivity contribution >= 4 is 11.4 Å². The Balaban J connectivity index is 1.72. The summed E-state index contributed by atoms with van der Waals surface area (Å²) < 4.78 is 49.2. The largest absolute Gasteiger partial charge is 0.490 e. The lowest BCUT2D eigenvalue weighted by molar-refractivity contribution is -0.0324. The molecule has 1 aliphatic rings. The van der Waals surface area contributed by atoms with Crippen molar-refractivity contribution in [2.24, 2.45) is 16.8 Å². The fourth-order valence-corrected chi connectivity index (χ4v) is 3.80. The molecule has 1 aliphatic heterocycles. The first-order valence-corrected chi connectivity index (χ1v) is 12.2. The molecule has 0 amide bonds. The van der Waals surface area contributed by atoms with Crippen molar-refractivity contribution in [3.05, 3.63) is 95.4 Å². The van der Waals surface area contributed by atoms with Crippen molar-refractivity contribution in [2.45, 2.75) is 52.3 Å². The number of hydrazone groups is 1. The summed E-state index contributed by atoms with van der Waals surface area (Å²) in [5, 5.41) is 16.6. The van der Waals surface area contributed by atoms with Crippen LogP contribution < -0.4 is 10.5 Å². The summed E-state index contributed by atoms with van der Waals surface area (Å²) in [6, 6.07) is 8.35. The summed E-state index contributed by atoms with van der Waals surface area (Å²) in [6.07, 6.45) is 4.01. The molecule has 0 saturated heterocycles. The Kier molecular flexibility index (Phi) is 8.86. The second-order valence-electron chi connectivity index (χ2n) is 9.42. The molecule has 5 nitrogen and oxygen atoms in total. The number of rotatable bonds is 10. The molecule has 0 saturated carbocycles. The minimum absolute atomic E-state index is 0.00695. The highest BCUT2D eigenvalue weighted by Gasteiger charge is 2.34. The van der Waals surface area contributed by atoms with Crippen LogP contribution in [0.15, 0.2) is 72.1 Å². The molecule has 0 bridgehead atoms. The predicted molar refractivity (Wildman–Crippen MR) is 141 cm³/mol. The molecular formula is C29H34F3N3O2. The van der Waals surface area contributed by atoms with Gasteiger partial charge >= 0.3 is 0 Å². The predicted octanol–water partition coefficient (Wildman–Crippen LogP) is 6.33. The van der Waals surface area contributed by atoms with Crippen LogP contribution in [-0.4, -0.2) is 28.7 Å². The van der Waals surface area contributed by atoms with Crippen LogP contribution in [-0.2, 0) is 5.60 Å². The number of benzene rings is 2. The second-order valence-corrected chi connectivity index (χ2v) is 9.42. The first kappa shape index (κ1) is 28.1. The van der Waals surface area contributed by atoms with Crippen molar-refractivity contribution in [2.75, 3.05) is 6.61 Å². The van der Waals surface area contributed by atoms with Crippen LogP contribution in [0.25, 0.3) is 5.57 Å². The topological polar surface area (TPSA) is 71.1 Å². The van der Waals surface area contributed by atoms with Gasteiger partial charge in [-0.2, -0.15) is 5.10 Å². The number of halogens is 3. The van der Waals surface area contributed by atoms with Gasteiger partial charge in [-0.1, -0.05) is 44.7 Å². The number of hydrogen-bond donors (Lipinski definition) is 2. The summed E-state index contributed by atoms with van der Waals surface area (Å²) in [5.74, 6) is -0.463. The summed E-state index contributed by atoms with van der Waals surface area (Å²) in [4.78, 5) is 0. The van der Waals surface area contributed by atoms with Crippen LogP contribution in [0.2, 0.25) is 0 Å². The highest BCUT2D eigenvalue weighted by atomic mass is 19.1. The maximum atomic E-state index is 15.5. The smallest absolute Gasteiger partial charge is 0.173 e. The lowest BCUT2D eigenvalue weighted by Gasteiger charge is -2.28. The molecule has 3 rings (SSSR count). The molecule has 0 aliphatic carbocycles. The minimum Gasteiger partial charge on any atom is -0.490 e. The zero-order valence-corrected chi connectivity index (χ0v) is 21.6. The normalized spacial score (nSPS) is 17.3. The molecule has 0 fully saturated rings. The standard InChI is InChI=1S/C29H34F3N3O2/c1-6-18(2)28(33)34-35-15-13-21(17-20(35)4)24-12-7-19(3)27(26(24)32)37-16-14-25(31)29(5,36)22-8-10-23(30)11-9-22/h7-13,15,17-18,25,36H,4,6,14,16H2,1-3,5H3,(H2,33,34). The van der Waals surface area contributed by atoms with Gasteiger partial charge in [0.1, 0.15) is 23.4 Å². The SMILES string of the molecule is C=C1C=C(c2ccc(C)c(OCCC(F)C(C)(O)c3ccc(F)cc3)c2F)C=CN1/N=C(/N)C(C)CC. The van der Waals surface area contributed by atoms with Crippen LogP contribution in [0.1, 0.15) is 50.3 Å². The Labute approximate surface area is 216 Å². The number of aliphatic hydroxyl groups is 1. The Morgan fingerprint density at radius 1 is 1.22 bits per heavy atom. The molecular weight excluding hydrogens is 479 g/mol. The molecule has 3 unspecified atom stereocenters. The maximum absolute atomic E-state index is 15.5. The first-order valence-electron chi connectivity index (χ1n) is 12.2. The van der Waals surface area contributed by atoms with E-state index in [1.807, 2.05) is 13.8 Å². The molecule has 3 N–H and O–H groups in total.